The molecule has 1 aromatic rings. The number of nitrogens with one attached hydrogen (secondary N) is 1. The number of hydrogen-bond donors (Lipinski definition) is 2. The van der Waals surface area contributed by atoms with Crippen LogP contribution in [0.1, 0.15) is 5.56 Å². The van der Waals surface area contributed by atoms with Crippen molar-refractivity contribution >= 4 is 33.2 Å². The summed E-state index contributed by atoms with van der Waals surface area (Å²) in [6.45, 7) is 0. The highest BCUT2D eigenvalue weighted by Gasteiger charge is 2.23. The van der Waals surface area contributed by atoms with Crippen LogP contribution in [0.2, 0.25) is 5.02 Å². The minimum Gasteiger partial charge on any atom is -0.324 e. The molecule has 1 aliphatic heterocycles. The Morgan fingerprint density at radius 3 is 2.67 bits per heavy atom. The Balaban J connectivity index is 2.64. The monoisotopic (exact) mass is 246 g/mol. The van der Waals surface area contributed by atoms with Gasteiger partial charge in [-0.25, -0.2) is 13.6 Å². The Kier molecular flexibility index (Phi) is 2.22. The standard InChI is InChI=1S/C8H7ClN2O3S/c9-6-3-5(15(10,13)14)1-4-2-7(12)11-8(4)6/h1,3H,2H2,(H,11,12)(H2,10,13,14). The van der Waals surface area contributed by atoms with Crippen molar-refractivity contribution in [1.29, 1.82) is 0 Å². The van der Waals surface area contributed by atoms with Gasteiger partial charge in [-0.05, 0) is 17.7 Å². The minimum absolute atomic E-state index is 0.0808. The van der Waals surface area contributed by atoms with E-state index in [4.69, 9.17) is 16.7 Å². The van der Waals surface area contributed by atoms with Crippen molar-refractivity contribution in [2.24, 2.45) is 5.14 Å². The molecule has 1 aliphatic rings. The number of fused-ring (bicyclic) bond motifs is 1. The molecule has 1 heterocycles. The summed E-state index contributed by atoms with van der Waals surface area (Å²) in [5.74, 6) is -0.210. The first-order valence-electron chi connectivity index (χ1n) is 4.03. The van der Waals surface area contributed by atoms with E-state index in [1.54, 1.807) is 0 Å². The molecule has 3 N–H and O–H groups in total. The van der Waals surface area contributed by atoms with E-state index in [9.17, 15) is 13.2 Å². The number of amides is 1. The summed E-state index contributed by atoms with van der Waals surface area (Å²) in [5.41, 5.74) is 1.02. The lowest BCUT2D eigenvalue weighted by molar-refractivity contribution is -0.115. The largest absolute Gasteiger partial charge is 0.324 e. The van der Waals surface area contributed by atoms with Gasteiger partial charge in [0.05, 0.1) is 22.0 Å². The SMILES string of the molecule is NS(=O)(=O)c1cc(Cl)c2c(c1)CC(=O)N2. The molecule has 0 fully saturated rings. The first kappa shape index (κ1) is 10.4. The number of nitrogens with two attached hydrogens (primary N) is 1. The lowest BCUT2D eigenvalue weighted by Gasteiger charge is -2.04. The van der Waals surface area contributed by atoms with E-state index in [0.717, 1.165) is 0 Å². The average Bonchev–Trinajstić information content (AvgIpc) is 2.44. The quantitative estimate of drug-likeness (QED) is 0.755. The summed E-state index contributed by atoms with van der Waals surface area (Å²) in [5, 5.41) is 7.68. The van der Waals surface area contributed by atoms with Gasteiger partial charge < -0.3 is 5.32 Å². The molecule has 1 amide bonds. The van der Waals surface area contributed by atoms with E-state index in [2.05, 4.69) is 5.32 Å². The predicted molar refractivity (Wildman–Crippen MR) is 55.2 cm³/mol. The second-order valence-corrected chi connectivity index (χ2v) is 5.18. The van der Waals surface area contributed by atoms with Crippen molar-refractivity contribution in [1.82, 2.24) is 0 Å². The van der Waals surface area contributed by atoms with Gasteiger partial charge in [0.2, 0.25) is 15.9 Å². The van der Waals surface area contributed by atoms with Crippen LogP contribution in [0.25, 0.3) is 0 Å². The van der Waals surface area contributed by atoms with Gasteiger partial charge in [0.25, 0.3) is 0 Å². The molecule has 0 saturated carbocycles. The number of carbonyl (C=O) groups excluding carboxylic acids is 1. The Bertz CT molecular complexity index is 553. The predicted octanol–water partition coefficient (Wildman–Crippen LogP) is 0.482. The lowest BCUT2D eigenvalue weighted by Crippen LogP contribution is -2.12. The van der Waals surface area contributed by atoms with Gasteiger partial charge in [-0.15, -0.1) is 0 Å². The number of hydrogen-bond acceptors (Lipinski definition) is 3. The molecule has 2 rings (SSSR count). The molecule has 0 spiro atoms. The topological polar surface area (TPSA) is 89.3 Å². The zero-order chi connectivity index (χ0) is 11.2. The van der Waals surface area contributed by atoms with Crippen LogP contribution in [0.5, 0.6) is 0 Å². The van der Waals surface area contributed by atoms with Crippen molar-refractivity contribution in [2.75, 3.05) is 5.32 Å². The van der Waals surface area contributed by atoms with Crippen molar-refractivity contribution in [3.8, 4) is 0 Å². The summed E-state index contributed by atoms with van der Waals surface area (Å²) in [7, 11) is -3.79. The molecule has 1 aromatic carbocycles. The Morgan fingerprint density at radius 1 is 1.40 bits per heavy atom. The number of primary sulfonamides is 1. The van der Waals surface area contributed by atoms with Gasteiger partial charge in [0, 0.05) is 0 Å². The van der Waals surface area contributed by atoms with Gasteiger partial charge in [0.15, 0.2) is 0 Å². The molecule has 7 heteroatoms. The average molecular weight is 247 g/mol. The summed E-state index contributed by atoms with van der Waals surface area (Å²) >= 11 is 5.81. The fourth-order valence-electron chi connectivity index (χ4n) is 1.44. The number of sulfonamides is 1. The van der Waals surface area contributed by atoms with Gasteiger partial charge in [0.1, 0.15) is 0 Å². The molecule has 0 aromatic heterocycles. The smallest absolute Gasteiger partial charge is 0.238 e. The van der Waals surface area contributed by atoms with Crippen molar-refractivity contribution < 1.29 is 13.2 Å². The number of carbonyl (C=O) groups is 1. The molecular formula is C8H7ClN2O3S. The van der Waals surface area contributed by atoms with Crippen LogP contribution in [0.15, 0.2) is 17.0 Å². The number of anilines is 1. The number of benzene rings is 1. The Labute approximate surface area is 91.3 Å². The minimum atomic E-state index is -3.79. The van der Waals surface area contributed by atoms with E-state index >= 15 is 0 Å². The molecule has 0 bridgehead atoms. The van der Waals surface area contributed by atoms with Gasteiger partial charge in [-0.2, -0.15) is 0 Å². The molecule has 0 unspecified atom stereocenters. The molecule has 0 atom stereocenters. The van der Waals surface area contributed by atoms with Crippen molar-refractivity contribution in [3.05, 3.63) is 22.7 Å². The molecule has 80 valence electrons. The van der Waals surface area contributed by atoms with Gasteiger partial charge in [-0.3, -0.25) is 4.79 Å². The fourth-order valence-corrected chi connectivity index (χ4v) is 2.38. The highest BCUT2D eigenvalue weighted by Crippen LogP contribution is 2.33. The zero-order valence-electron chi connectivity index (χ0n) is 7.45. The molecule has 0 aliphatic carbocycles. The third kappa shape index (κ3) is 1.83. The Hall–Kier alpha value is -1.11. The van der Waals surface area contributed by atoms with Crippen molar-refractivity contribution in [3.63, 3.8) is 0 Å². The zero-order valence-corrected chi connectivity index (χ0v) is 9.02. The summed E-state index contributed by atoms with van der Waals surface area (Å²) in [4.78, 5) is 11.0. The normalized spacial score (nSPS) is 14.9. The maximum Gasteiger partial charge on any atom is 0.238 e. The highest BCUT2D eigenvalue weighted by molar-refractivity contribution is 7.89. The van der Waals surface area contributed by atoms with Crippen LogP contribution in [-0.2, 0) is 21.2 Å². The van der Waals surface area contributed by atoms with Crippen LogP contribution in [0, 0.1) is 0 Å². The molecule has 0 radical (unpaired) electrons. The first-order valence-corrected chi connectivity index (χ1v) is 5.95. The van der Waals surface area contributed by atoms with Crippen LogP contribution < -0.4 is 10.5 Å². The molecule has 0 saturated heterocycles. The van der Waals surface area contributed by atoms with Crippen LogP contribution >= 0.6 is 11.6 Å². The van der Waals surface area contributed by atoms with E-state index < -0.39 is 10.0 Å². The second-order valence-electron chi connectivity index (χ2n) is 3.21. The number of halogens is 1. The molecule has 5 nitrogen and oxygen atoms in total. The van der Waals surface area contributed by atoms with E-state index in [-0.39, 0.29) is 22.2 Å². The van der Waals surface area contributed by atoms with E-state index in [0.29, 0.717) is 11.3 Å². The fraction of sp³-hybridized carbons (Fsp3) is 0.125. The third-order valence-corrected chi connectivity index (χ3v) is 3.28. The van der Waals surface area contributed by atoms with Crippen LogP contribution in [-0.4, -0.2) is 14.3 Å². The van der Waals surface area contributed by atoms with Crippen LogP contribution in [0.4, 0.5) is 5.69 Å². The summed E-state index contributed by atoms with van der Waals surface area (Å²) in [6.07, 6.45) is 0.123. The van der Waals surface area contributed by atoms with E-state index in [1.165, 1.54) is 12.1 Å². The highest BCUT2D eigenvalue weighted by atomic mass is 35.5. The lowest BCUT2D eigenvalue weighted by atomic mass is 10.2. The summed E-state index contributed by atoms with van der Waals surface area (Å²) in [6, 6.07) is 2.58. The second kappa shape index (κ2) is 3.19. The van der Waals surface area contributed by atoms with Gasteiger partial charge >= 0.3 is 0 Å². The number of rotatable bonds is 1. The van der Waals surface area contributed by atoms with E-state index in [1.807, 2.05) is 0 Å². The molecular weight excluding hydrogens is 240 g/mol. The van der Waals surface area contributed by atoms with Gasteiger partial charge in [-0.1, -0.05) is 11.6 Å². The third-order valence-electron chi connectivity index (χ3n) is 2.09. The Morgan fingerprint density at radius 2 is 2.07 bits per heavy atom. The molecule has 15 heavy (non-hydrogen) atoms. The van der Waals surface area contributed by atoms with Crippen molar-refractivity contribution in [2.45, 2.75) is 11.3 Å². The van der Waals surface area contributed by atoms with Crippen LogP contribution in [0.3, 0.4) is 0 Å². The maximum atomic E-state index is 11.1. The maximum absolute atomic E-state index is 11.1. The summed E-state index contributed by atoms with van der Waals surface area (Å²) < 4.78 is 22.2. The first-order chi connectivity index (χ1) is 6.88.